The second-order valence-corrected chi connectivity index (χ2v) is 6.29. The van der Waals surface area contributed by atoms with Gasteiger partial charge in [0.1, 0.15) is 11.6 Å². The van der Waals surface area contributed by atoms with Gasteiger partial charge in [0, 0.05) is 12.5 Å². The Bertz CT molecular complexity index is 620. The molecule has 106 valence electrons. The zero-order chi connectivity index (χ0) is 14.1. The molecule has 1 aliphatic rings. The number of nitrogens with one attached hydrogen (secondary N) is 1. The molecule has 4 nitrogen and oxygen atoms in total. The summed E-state index contributed by atoms with van der Waals surface area (Å²) in [7, 11) is 0. The minimum atomic E-state index is 0.599. The minimum Gasteiger partial charge on any atom is -0.458 e. The Balaban J connectivity index is 2.03. The second-order valence-electron chi connectivity index (χ2n) is 5.21. The average Bonchev–Trinajstić information content (AvgIpc) is 3.19. The summed E-state index contributed by atoms with van der Waals surface area (Å²) in [6.45, 7) is 5.02. The van der Waals surface area contributed by atoms with Crippen molar-refractivity contribution in [2.24, 2.45) is 0 Å². The molecule has 1 N–H and O–H groups in total. The van der Waals surface area contributed by atoms with Crippen molar-refractivity contribution in [3.63, 3.8) is 0 Å². The number of hydrogen-bond donors (Lipinski definition) is 1. The van der Waals surface area contributed by atoms with Gasteiger partial charge in [-0.3, -0.25) is 0 Å². The predicted molar refractivity (Wildman–Crippen MR) is 87.9 cm³/mol. The third-order valence-electron chi connectivity index (χ3n) is 3.34. The Morgan fingerprint density at radius 3 is 2.75 bits per heavy atom. The summed E-state index contributed by atoms with van der Waals surface area (Å²) in [5, 5.41) is 3.40. The molecule has 1 saturated carbocycles. The van der Waals surface area contributed by atoms with E-state index in [1.807, 2.05) is 19.1 Å². The van der Waals surface area contributed by atoms with Crippen LogP contribution in [0.1, 0.15) is 43.6 Å². The SMILES string of the molecule is CCCNc1nc(-c2ccc(C)o2)nc(C2CC2)c1I. The Labute approximate surface area is 132 Å². The topological polar surface area (TPSA) is 51.0 Å². The molecule has 0 radical (unpaired) electrons. The van der Waals surface area contributed by atoms with E-state index in [9.17, 15) is 0 Å². The normalized spacial score (nSPS) is 14.6. The van der Waals surface area contributed by atoms with Gasteiger partial charge in [-0.15, -0.1) is 0 Å². The third kappa shape index (κ3) is 2.82. The fourth-order valence-corrected chi connectivity index (χ4v) is 2.99. The van der Waals surface area contributed by atoms with Crippen molar-refractivity contribution in [1.82, 2.24) is 9.97 Å². The molecule has 0 aromatic carbocycles. The lowest BCUT2D eigenvalue weighted by molar-refractivity contribution is 0.543. The van der Waals surface area contributed by atoms with Gasteiger partial charge in [0.05, 0.1) is 9.26 Å². The van der Waals surface area contributed by atoms with Crippen LogP contribution in [0, 0.1) is 10.5 Å². The highest BCUT2D eigenvalue weighted by molar-refractivity contribution is 14.1. The maximum Gasteiger partial charge on any atom is 0.197 e. The Hall–Kier alpha value is -1.11. The van der Waals surface area contributed by atoms with Crippen LogP contribution in [0.25, 0.3) is 11.6 Å². The number of aryl methyl sites for hydroxylation is 1. The molecule has 2 aromatic rings. The number of rotatable bonds is 5. The van der Waals surface area contributed by atoms with Crippen molar-refractivity contribution < 1.29 is 4.42 Å². The van der Waals surface area contributed by atoms with Crippen LogP contribution in [0.4, 0.5) is 5.82 Å². The first-order valence-corrected chi connectivity index (χ1v) is 8.15. The first-order valence-electron chi connectivity index (χ1n) is 7.07. The lowest BCUT2D eigenvalue weighted by atomic mass is 10.2. The highest BCUT2D eigenvalue weighted by atomic mass is 127. The molecule has 5 heteroatoms. The first kappa shape index (κ1) is 13.9. The predicted octanol–water partition coefficient (Wildman–Crippen LogP) is 4.35. The van der Waals surface area contributed by atoms with Crippen molar-refractivity contribution in [3.05, 3.63) is 27.2 Å². The standard InChI is InChI=1S/C15H18IN3O/c1-3-8-17-15-12(16)13(10-5-6-10)18-14(19-15)11-7-4-9(2)20-11/h4,7,10H,3,5-6,8H2,1-2H3,(H,17,18,19). The molecule has 0 spiro atoms. The third-order valence-corrected chi connectivity index (χ3v) is 4.41. The molecule has 0 atom stereocenters. The quantitative estimate of drug-likeness (QED) is 0.781. The first-order chi connectivity index (χ1) is 9.69. The number of aromatic nitrogens is 2. The van der Waals surface area contributed by atoms with E-state index in [0.717, 1.165) is 33.9 Å². The Kier molecular flexibility index (Phi) is 3.96. The summed E-state index contributed by atoms with van der Waals surface area (Å²) in [5.74, 6) is 3.87. The molecule has 1 fully saturated rings. The van der Waals surface area contributed by atoms with Gasteiger partial charge < -0.3 is 9.73 Å². The van der Waals surface area contributed by atoms with E-state index < -0.39 is 0 Å². The van der Waals surface area contributed by atoms with Gasteiger partial charge in [-0.1, -0.05) is 6.92 Å². The fraction of sp³-hybridized carbons (Fsp3) is 0.467. The molecule has 1 aliphatic carbocycles. The number of halogens is 1. The maximum absolute atomic E-state index is 5.67. The smallest absolute Gasteiger partial charge is 0.197 e. The molecule has 0 aliphatic heterocycles. The van der Waals surface area contributed by atoms with Gasteiger partial charge in [-0.25, -0.2) is 9.97 Å². The maximum atomic E-state index is 5.67. The van der Waals surface area contributed by atoms with Crippen LogP contribution in [-0.2, 0) is 0 Å². The Morgan fingerprint density at radius 1 is 1.35 bits per heavy atom. The molecule has 0 amide bonds. The highest BCUT2D eigenvalue weighted by Gasteiger charge is 2.29. The summed E-state index contributed by atoms with van der Waals surface area (Å²) in [6.07, 6.45) is 3.54. The van der Waals surface area contributed by atoms with Crippen molar-refractivity contribution in [2.75, 3.05) is 11.9 Å². The molecule has 2 heterocycles. The van der Waals surface area contributed by atoms with Crippen LogP contribution >= 0.6 is 22.6 Å². The summed E-state index contributed by atoms with van der Waals surface area (Å²) < 4.78 is 6.83. The molecule has 0 bridgehead atoms. The van der Waals surface area contributed by atoms with E-state index >= 15 is 0 Å². The van der Waals surface area contributed by atoms with Gasteiger partial charge in [-0.2, -0.15) is 0 Å². The molecule has 2 aromatic heterocycles. The average molecular weight is 383 g/mol. The van der Waals surface area contributed by atoms with Gasteiger partial charge >= 0.3 is 0 Å². The van der Waals surface area contributed by atoms with Crippen molar-refractivity contribution in [2.45, 2.75) is 39.0 Å². The van der Waals surface area contributed by atoms with Gasteiger partial charge in [-0.05, 0) is 60.9 Å². The van der Waals surface area contributed by atoms with Crippen LogP contribution in [0.3, 0.4) is 0 Å². The molecular weight excluding hydrogens is 365 g/mol. The number of anilines is 1. The highest BCUT2D eigenvalue weighted by Crippen LogP contribution is 2.43. The van der Waals surface area contributed by atoms with Crippen molar-refractivity contribution >= 4 is 28.4 Å². The molecule has 0 unspecified atom stereocenters. The lowest BCUT2D eigenvalue weighted by Gasteiger charge is -2.11. The molecular formula is C15H18IN3O. The van der Waals surface area contributed by atoms with Gasteiger partial charge in [0.25, 0.3) is 0 Å². The number of furan rings is 1. The van der Waals surface area contributed by atoms with Crippen LogP contribution in [0.2, 0.25) is 0 Å². The minimum absolute atomic E-state index is 0.599. The lowest BCUT2D eigenvalue weighted by Crippen LogP contribution is -2.08. The molecule has 20 heavy (non-hydrogen) atoms. The van der Waals surface area contributed by atoms with Crippen LogP contribution in [-0.4, -0.2) is 16.5 Å². The van der Waals surface area contributed by atoms with Crippen LogP contribution < -0.4 is 5.32 Å². The summed E-state index contributed by atoms with van der Waals surface area (Å²) in [6, 6.07) is 3.89. The number of nitrogens with zero attached hydrogens (tertiary/aromatic N) is 2. The van der Waals surface area contributed by atoms with E-state index in [1.165, 1.54) is 18.5 Å². The molecule has 0 saturated heterocycles. The summed E-state index contributed by atoms with van der Waals surface area (Å²) in [5.41, 5.74) is 1.17. The second kappa shape index (κ2) is 5.71. The van der Waals surface area contributed by atoms with Crippen LogP contribution in [0.15, 0.2) is 16.5 Å². The van der Waals surface area contributed by atoms with E-state index in [2.05, 4.69) is 39.8 Å². The van der Waals surface area contributed by atoms with Gasteiger partial charge in [0.15, 0.2) is 11.6 Å². The summed E-state index contributed by atoms with van der Waals surface area (Å²) in [4.78, 5) is 9.37. The van der Waals surface area contributed by atoms with E-state index in [0.29, 0.717) is 11.7 Å². The van der Waals surface area contributed by atoms with E-state index in [1.54, 1.807) is 0 Å². The summed E-state index contributed by atoms with van der Waals surface area (Å²) >= 11 is 2.36. The largest absolute Gasteiger partial charge is 0.458 e. The van der Waals surface area contributed by atoms with E-state index in [4.69, 9.17) is 9.40 Å². The Morgan fingerprint density at radius 2 is 2.15 bits per heavy atom. The fourth-order valence-electron chi connectivity index (χ4n) is 2.12. The van der Waals surface area contributed by atoms with Crippen molar-refractivity contribution in [3.8, 4) is 11.6 Å². The monoisotopic (exact) mass is 383 g/mol. The molecule has 3 rings (SSSR count). The van der Waals surface area contributed by atoms with Crippen LogP contribution in [0.5, 0.6) is 0 Å². The van der Waals surface area contributed by atoms with Gasteiger partial charge in [0.2, 0.25) is 0 Å². The van der Waals surface area contributed by atoms with E-state index in [-0.39, 0.29) is 0 Å². The zero-order valence-electron chi connectivity index (χ0n) is 11.7. The zero-order valence-corrected chi connectivity index (χ0v) is 13.9. The number of hydrogen-bond acceptors (Lipinski definition) is 4. The van der Waals surface area contributed by atoms with Crippen molar-refractivity contribution in [1.29, 1.82) is 0 Å².